The van der Waals surface area contributed by atoms with E-state index in [2.05, 4.69) is 10.4 Å². The van der Waals surface area contributed by atoms with Crippen LogP contribution in [-0.4, -0.2) is 45.0 Å². The summed E-state index contributed by atoms with van der Waals surface area (Å²) in [5, 5.41) is 17.4. The summed E-state index contributed by atoms with van der Waals surface area (Å²) in [5.41, 5.74) is -1.92. The third-order valence-corrected chi connectivity index (χ3v) is 5.99. The van der Waals surface area contributed by atoms with Crippen molar-refractivity contribution in [2.75, 3.05) is 6.61 Å². The molecule has 2 atom stereocenters. The second kappa shape index (κ2) is 7.39. The maximum Gasteiger partial charge on any atom is 0.418 e. The lowest BCUT2D eigenvalue weighted by Gasteiger charge is -2.41. The number of fused-ring (bicyclic) bond motifs is 1. The fourth-order valence-electron chi connectivity index (χ4n) is 4.43. The highest BCUT2D eigenvalue weighted by Gasteiger charge is 2.43. The van der Waals surface area contributed by atoms with Crippen molar-refractivity contribution in [3.05, 3.63) is 22.8 Å². The molecule has 1 saturated carbocycles. The lowest BCUT2D eigenvalue weighted by atomic mass is 9.77. The summed E-state index contributed by atoms with van der Waals surface area (Å²) >= 11 is 6.18. The molecule has 0 bridgehead atoms. The Balaban J connectivity index is 1.66. The van der Waals surface area contributed by atoms with Gasteiger partial charge in [-0.2, -0.15) is 18.3 Å². The second-order valence-corrected chi connectivity index (χ2v) is 9.04. The first-order valence-corrected chi connectivity index (χ1v) is 10.2. The largest absolute Gasteiger partial charge is 0.492 e. The Kier molecular flexibility index (Phi) is 5.27. The molecule has 1 aliphatic heterocycles. The van der Waals surface area contributed by atoms with E-state index in [-0.39, 0.29) is 58.7 Å². The number of carbonyl (C=O) groups is 1. The third kappa shape index (κ3) is 4.15. The van der Waals surface area contributed by atoms with Gasteiger partial charge in [0.25, 0.3) is 0 Å². The first-order valence-electron chi connectivity index (χ1n) is 9.85. The van der Waals surface area contributed by atoms with E-state index in [0.717, 1.165) is 6.07 Å². The molecular weight excluding hydrogens is 423 g/mol. The standard InChI is InChI=1S/C20H23ClF3N3O3/c1-10-3-13(28)4-11(25-10)9-30-14-5-15-17(16(6-14)20(22,23)24)27(26-18(15)21)12-7-19(2,29)8-12/h5-6,10-12,25,29H,3-4,7-9H2,1-2H3/t10-,11-,12?,19?/m0/s1. The number of aliphatic hydroxyl groups is 1. The maximum absolute atomic E-state index is 13.9. The number of carbonyl (C=O) groups excluding carboxylic acids is 1. The summed E-state index contributed by atoms with van der Waals surface area (Å²) in [6.45, 7) is 3.58. The topological polar surface area (TPSA) is 76.4 Å². The number of piperidine rings is 1. The minimum absolute atomic E-state index is 0.000397. The zero-order valence-electron chi connectivity index (χ0n) is 16.6. The highest BCUT2D eigenvalue weighted by Crippen LogP contribution is 2.46. The highest BCUT2D eigenvalue weighted by molar-refractivity contribution is 6.34. The van der Waals surface area contributed by atoms with E-state index in [1.54, 1.807) is 6.92 Å². The molecule has 0 unspecified atom stereocenters. The number of benzene rings is 1. The van der Waals surface area contributed by atoms with Crippen LogP contribution in [0.2, 0.25) is 5.15 Å². The fraction of sp³-hybridized carbons (Fsp3) is 0.600. The van der Waals surface area contributed by atoms with Gasteiger partial charge in [0.1, 0.15) is 18.1 Å². The number of rotatable bonds is 4. The number of alkyl halides is 3. The first kappa shape index (κ1) is 21.4. The molecule has 6 nitrogen and oxygen atoms in total. The number of halogens is 4. The van der Waals surface area contributed by atoms with Crippen LogP contribution in [0.3, 0.4) is 0 Å². The van der Waals surface area contributed by atoms with Crippen LogP contribution in [0.15, 0.2) is 12.1 Å². The molecular formula is C20H23ClF3N3O3. The molecule has 2 heterocycles. The lowest BCUT2D eigenvalue weighted by molar-refractivity contribution is -0.136. The molecule has 2 N–H and O–H groups in total. The molecule has 0 spiro atoms. The van der Waals surface area contributed by atoms with E-state index in [0.29, 0.717) is 19.3 Å². The summed E-state index contributed by atoms with van der Waals surface area (Å²) < 4.78 is 48.5. The van der Waals surface area contributed by atoms with Crippen molar-refractivity contribution in [1.82, 2.24) is 15.1 Å². The first-order chi connectivity index (χ1) is 13.9. The Labute approximate surface area is 176 Å². The van der Waals surface area contributed by atoms with Gasteiger partial charge in [0.05, 0.1) is 22.7 Å². The number of nitrogens with zero attached hydrogens (tertiary/aromatic N) is 2. The van der Waals surface area contributed by atoms with Crippen molar-refractivity contribution in [2.24, 2.45) is 0 Å². The van der Waals surface area contributed by atoms with E-state index in [1.807, 2.05) is 6.92 Å². The third-order valence-electron chi connectivity index (χ3n) is 5.71. The number of Topliss-reactive ketones (excluding diaryl/α,β-unsaturated/α-hetero) is 1. The average molecular weight is 446 g/mol. The average Bonchev–Trinajstić information content (AvgIpc) is 2.92. The van der Waals surface area contributed by atoms with Crippen molar-refractivity contribution < 1.29 is 27.8 Å². The predicted octanol–water partition coefficient (Wildman–Crippen LogP) is 3.88. The normalized spacial score (nSPS) is 29.8. The second-order valence-electron chi connectivity index (χ2n) is 8.68. The van der Waals surface area contributed by atoms with E-state index in [4.69, 9.17) is 16.3 Å². The Morgan fingerprint density at radius 1 is 1.37 bits per heavy atom. The molecule has 0 amide bonds. The Bertz CT molecular complexity index is 981. The predicted molar refractivity (Wildman–Crippen MR) is 105 cm³/mol. The molecule has 10 heteroatoms. The van der Waals surface area contributed by atoms with Crippen LogP contribution in [0, 0.1) is 0 Å². The van der Waals surface area contributed by atoms with E-state index >= 15 is 0 Å². The maximum atomic E-state index is 13.9. The van der Waals surface area contributed by atoms with Crippen LogP contribution in [-0.2, 0) is 11.0 Å². The summed E-state index contributed by atoms with van der Waals surface area (Å²) in [7, 11) is 0. The molecule has 1 aliphatic carbocycles. The monoisotopic (exact) mass is 445 g/mol. The van der Waals surface area contributed by atoms with Gasteiger partial charge in [0, 0.05) is 30.3 Å². The summed E-state index contributed by atoms with van der Waals surface area (Å²) in [6, 6.07) is 1.77. The van der Waals surface area contributed by atoms with Gasteiger partial charge < -0.3 is 15.2 Å². The number of ketones is 1. The zero-order chi connectivity index (χ0) is 21.8. The van der Waals surface area contributed by atoms with Gasteiger partial charge in [-0.25, -0.2) is 0 Å². The molecule has 1 aromatic heterocycles. The highest BCUT2D eigenvalue weighted by atomic mass is 35.5. The van der Waals surface area contributed by atoms with Crippen LogP contribution in [0.1, 0.15) is 51.1 Å². The molecule has 2 fully saturated rings. The number of hydrogen-bond acceptors (Lipinski definition) is 5. The number of nitrogens with one attached hydrogen (secondary N) is 1. The molecule has 30 heavy (non-hydrogen) atoms. The zero-order valence-corrected chi connectivity index (χ0v) is 17.3. The van der Waals surface area contributed by atoms with Crippen molar-refractivity contribution in [3.63, 3.8) is 0 Å². The number of ether oxygens (including phenoxy) is 1. The van der Waals surface area contributed by atoms with Gasteiger partial charge in [-0.3, -0.25) is 9.48 Å². The van der Waals surface area contributed by atoms with Crippen molar-refractivity contribution in [1.29, 1.82) is 0 Å². The molecule has 1 saturated heterocycles. The quantitative estimate of drug-likeness (QED) is 0.747. The molecule has 1 aromatic carbocycles. The minimum atomic E-state index is -4.64. The molecule has 0 radical (unpaired) electrons. The van der Waals surface area contributed by atoms with Gasteiger partial charge in [-0.15, -0.1) is 0 Å². The summed E-state index contributed by atoms with van der Waals surface area (Å²) in [4.78, 5) is 11.8. The molecule has 4 rings (SSSR count). The van der Waals surface area contributed by atoms with Crippen LogP contribution in [0.4, 0.5) is 13.2 Å². The van der Waals surface area contributed by atoms with Crippen LogP contribution in [0.5, 0.6) is 5.75 Å². The van der Waals surface area contributed by atoms with E-state index in [9.17, 15) is 23.1 Å². The van der Waals surface area contributed by atoms with Gasteiger partial charge in [0.15, 0.2) is 5.15 Å². The van der Waals surface area contributed by atoms with Gasteiger partial charge >= 0.3 is 6.18 Å². The SMILES string of the molecule is C[C@H]1CC(=O)C[C@@H](COc2cc(C(F)(F)F)c3c(c2)c(Cl)nn3C2CC(C)(O)C2)N1. The van der Waals surface area contributed by atoms with Crippen LogP contribution in [0.25, 0.3) is 10.9 Å². The smallest absolute Gasteiger partial charge is 0.418 e. The van der Waals surface area contributed by atoms with E-state index < -0.39 is 17.3 Å². The molecule has 2 aromatic rings. The Morgan fingerprint density at radius 3 is 2.67 bits per heavy atom. The van der Waals surface area contributed by atoms with Crippen molar-refractivity contribution in [2.45, 2.75) is 69.4 Å². The van der Waals surface area contributed by atoms with Crippen LogP contribution >= 0.6 is 11.6 Å². The molecule has 164 valence electrons. The number of hydrogen-bond donors (Lipinski definition) is 2. The Hall–Kier alpha value is -1.84. The van der Waals surface area contributed by atoms with E-state index in [1.165, 1.54) is 10.7 Å². The van der Waals surface area contributed by atoms with Crippen LogP contribution < -0.4 is 10.1 Å². The minimum Gasteiger partial charge on any atom is -0.492 e. The van der Waals surface area contributed by atoms with Gasteiger partial charge in [-0.1, -0.05) is 11.6 Å². The lowest BCUT2D eigenvalue weighted by Crippen LogP contribution is -2.47. The van der Waals surface area contributed by atoms with Crippen molar-refractivity contribution in [3.8, 4) is 5.75 Å². The summed E-state index contributed by atoms with van der Waals surface area (Å²) in [6.07, 6.45) is -3.33. The fourth-order valence-corrected chi connectivity index (χ4v) is 4.65. The van der Waals surface area contributed by atoms with Gasteiger partial charge in [-0.05, 0) is 38.8 Å². The Morgan fingerprint density at radius 2 is 2.07 bits per heavy atom. The molecule has 2 aliphatic rings. The summed E-state index contributed by atoms with van der Waals surface area (Å²) in [5.74, 6) is 0.117. The number of aromatic nitrogens is 2. The van der Waals surface area contributed by atoms with Gasteiger partial charge in [0.2, 0.25) is 0 Å². The van der Waals surface area contributed by atoms with Crippen molar-refractivity contribution >= 4 is 28.3 Å².